The zero-order valence-electron chi connectivity index (χ0n) is 13.4. The fraction of sp³-hybridized carbons (Fsp3) is 0.167. The fourth-order valence-corrected chi connectivity index (χ4v) is 2.82. The predicted molar refractivity (Wildman–Crippen MR) is 94.0 cm³/mol. The number of para-hydroxylation sites is 1. The Bertz CT molecular complexity index is 889. The zero-order chi connectivity index (χ0) is 17.1. The van der Waals surface area contributed by atoms with Crippen LogP contribution in [0.1, 0.15) is 16.1 Å². The van der Waals surface area contributed by atoms with Crippen molar-refractivity contribution in [3.05, 3.63) is 58.7 Å². The number of H-pyrrole nitrogens is 1. The quantitative estimate of drug-likeness (QED) is 0.740. The molecule has 0 aliphatic rings. The first-order valence-corrected chi connectivity index (χ1v) is 7.77. The van der Waals surface area contributed by atoms with Gasteiger partial charge in [0.05, 0.1) is 19.2 Å². The lowest BCUT2D eigenvalue weighted by atomic mass is 10.2. The second kappa shape index (κ2) is 6.84. The Morgan fingerprint density at radius 2 is 1.88 bits per heavy atom. The second-order valence-electron chi connectivity index (χ2n) is 5.23. The molecule has 0 aliphatic carbocycles. The van der Waals surface area contributed by atoms with E-state index in [2.05, 4.69) is 10.3 Å². The molecule has 1 amide bonds. The van der Waals surface area contributed by atoms with Gasteiger partial charge >= 0.3 is 0 Å². The van der Waals surface area contributed by atoms with Gasteiger partial charge in [0.25, 0.3) is 5.91 Å². The molecule has 0 radical (unpaired) electrons. The first-order valence-electron chi connectivity index (χ1n) is 7.39. The maximum Gasteiger partial charge on any atom is 0.269 e. The Morgan fingerprint density at radius 1 is 1.12 bits per heavy atom. The van der Waals surface area contributed by atoms with Gasteiger partial charge in [-0.3, -0.25) is 4.79 Å². The molecule has 2 aromatic carbocycles. The highest BCUT2D eigenvalue weighted by Gasteiger charge is 2.16. The maximum absolute atomic E-state index is 12.4. The lowest BCUT2D eigenvalue weighted by Crippen LogP contribution is -2.23. The number of methoxy groups -OCH3 is 2. The molecule has 24 heavy (non-hydrogen) atoms. The van der Waals surface area contributed by atoms with Crippen LogP contribution in [-0.2, 0) is 6.54 Å². The summed E-state index contributed by atoms with van der Waals surface area (Å²) in [7, 11) is 3.15. The zero-order valence-corrected chi connectivity index (χ0v) is 14.1. The number of carbonyl (C=O) groups is 1. The standard InChI is InChI=1S/C18H17ClN2O3/c1-23-14-8-7-11(9-15(14)24-2)10-20-18(22)17-16(19)12-5-3-4-6-13(12)21-17/h3-9,21H,10H2,1-2H3,(H,20,22). The van der Waals surface area contributed by atoms with Crippen molar-refractivity contribution in [3.63, 3.8) is 0 Å². The van der Waals surface area contributed by atoms with E-state index < -0.39 is 0 Å². The van der Waals surface area contributed by atoms with E-state index in [1.54, 1.807) is 20.3 Å². The summed E-state index contributed by atoms with van der Waals surface area (Å²) in [6, 6.07) is 13.0. The Kier molecular flexibility index (Phi) is 4.62. The minimum Gasteiger partial charge on any atom is -0.493 e. The van der Waals surface area contributed by atoms with Crippen LogP contribution in [0.2, 0.25) is 5.02 Å². The van der Waals surface area contributed by atoms with Crippen LogP contribution in [0, 0.1) is 0 Å². The van der Waals surface area contributed by atoms with E-state index in [0.717, 1.165) is 16.5 Å². The lowest BCUT2D eigenvalue weighted by molar-refractivity contribution is 0.0947. The molecular weight excluding hydrogens is 328 g/mol. The predicted octanol–water partition coefficient (Wildman–Crippen LogP) is 3.77. The molecule has 0 spiro atoms. The largest absolute Gasteiger partial charge is 0.493 e. The Hall–Kier alpha value is -2.66. The summed E-state index contributed by atoms with van der Waals surface area (Å²) in [5, 5.41) is 4.11. The highest BCUT2D eigenvalue weighted by molar-refractivity contribution is 6.38. The number of carbonyl (C=O) groups excluding carboxylic acids is 1. The smallest absolute Gasteiger partial charge is 0.269 e. The van der Waals surface area contributed by atoms with Crippen molar-refractivity contribution in [2.24, 2.45) is 0 Å². The first kappa shape index (κ1) is 16.2. The number of fused-ring (bicyclic) bond motifs is 1. The van der Waals surface area contributed by atoms with Gasteiger partial charge in [-0.2, -0.15) is 0 Å². The lowest BCUT2D eigenvalue weighted by Gasteiger charge is -2.10. The maximum atomic E-state index is 12.4. The van der Waals surface area contributed by atoms with Gasteiger partial charge in [0.15, 0.2) is 11.5 Å². The average molecular weight is 345 g/mol. The van der Waals surface area contributed by atoms with Crippen molar-refractivity contribution in [2.75, 3.05) is 14.2 Å². The Balaban J connectivity index is 1.76. The molecule has 6 heteroatoms. The number of benzene rings is 2. The number of rotatable bonds is 5. The van der Waals surface area contributed by atoms with E-state index in [0.29, 0.717) is 28.8 Å². The van der Waals surface area contributed by atoms with Crippen molar-refractivity contribution in [1.82, 2.24) is 10.3 Å². The van der Waals surface area contributed by atoms with Crippen molar-refractivity contribution in [2.45, 2.75) is 6.54 Å². The number of nitrogens with one attached hydrogen (secondary N) is 2. The molecule has 5 nitrogen and oxygen atoms in total. The second-order valence-corrected chi connectivity index (χ2v) is 5.61. The molecule has 0 saturated carbocycles. The highest BCUT2D eigenvalue weighted by Crippen LogP contribution is 2.28. The Morgan fingerprint density at radius 3 is 2.58 bits per heavy atom. The summed E-state index contributed by atoms with van der Waals surface area (Å²) in [6.45, 7) is 0.352. The number of ether oxygens (including phenoxy) is 2. The van der Waals surface area contributed by atoms with E-state index in [9.17, 15) is 4.79 Å². The summed E-state index contributed by atoms with van der Waals surface area (Å²) >= 11 is 6.29. The normalized spacial score (nSPS) is 10.6. The van der Waals surface area contributed by atoms with Crippen molar-refractivity contribution >= 4 is 28.4 Å². The summed E-state index contributed by atoms with van der Waals surface area (Å²) in [6.07, 6.45) is 0. The van der Waals surface area contributed by atoms with Gasteiger partial charge in [-0.25, -0.2) is 0 Å². The number of hydrogen-bond donors (Lipinski definition) is 2. The molecule has 2 N–H and O–H groups in total. The van der Waals surface area contributed by atoms with Crippen LogP contribution < -0.4 is 14.8 Å². The van der Waals surface area contributed by atoms with Gasteiger partial charge in [-0.05, 0) is 23.8 Å². The van der Waals surface area contributed by atoms with Crippen LogP contribution in [0.4, 0.5) is 0 Å². The molecule has 3 aromatic rings. The van der Waals surface area contributed by atoms with Gasteiger partial charge in [-0.15, -0.1) is 0 Å². The van der Waals surface area contributed by atoms with Gasteiger partial charge in [0.1, 0.15) is 5.69 Å². The number of aromatic nitrogens is 1. The van der Waals surface area contributed by atoms with E-state index in [4.69, 9.17) is 21.1 Å². The summed E-state index contributed by atoms with van der Waals surface area (Å²) < 4.78 is 10.5. The van der Waals surface area contributed by atoms with Gasteiger partial charge in [0.2, 0.25) is 0 Å². The van der Waals surface area contributed by atoms with Crippen LogP contribution in [0.5, 0.6) is 11.5 Å². The molecule has 124 valence electrons. The van der Waals surface area contributed by atoms with E-state index in [1.165, 1.54) is 0 Å². The minimum absolute atomic E-state index is 0.258. The molecular formula is C18H17ClN2O3. The van der Waals surface area contributed by atoms with Gasteiger partial charge < -0.3 is 19.8 Å². The van der Waals surface area contributed by atoms with E-state index >= 15 is 0 Å². The summed E-state index contributed by atoms with van der Waals surface area (Å²) in [5.74, 6) is 1.00. The highest BCUT2D eigenvalue weighted by atomic mass is 35.5. The minimum atomic E-state index is -0.258. The molecule has 0 atom stereocenters. The monoisotopic (exact) mass is 344 g/mol. The average Bonchev–Trinajstić information content (AvgIpc) is 2.96. The summed E-state index contributed by atoms with van der Waals surface area (Å²) in [4.78, 5) is 15.5. The third-order valence-electron chi connectivity index (χ3n) is 3.77. The fourth-order valence-electron chi connectivity index (χ4n) is 2.53. The third-order valence-corrected chi connectivity index (χ3v) is 4.16. The van der Waals surface area contributed by atoms with Crippen molar-refractivity contribution in [1.29, 1.82) is 0 Å². The van der Waals surface area contributed by atoms with Crippen LogP contribution in [-0.4, -0.2) is 25.1 Å². The van der Waals surface area contributed by atoms with Crippen molar-refractivity contribution < 1.29 is 14.3 Å². The first-order chi connectivity index (χ1) is 11.6. The molecule has 1 heterocycles. The van der Waals surface area contributed by atoms with Crippen molar-refractivity contribution in [3.8, 4) is 11.5 Å². The summed E-state index contributed by atoms with van der Waals surface area (Å²) in [5.41, 5.74) is 2.09. The molecule has 0 saturated heterocycles. The molecule has 1 aromatic heterocycles. The number of hydrogen-bond acceptors (Lipinski definition) is 3. The topological polar surface area (TPSA) is 63.3 Å². The number of aromatic amines is 1. The van der Waals surface area contributed by atoms with E-state index in [1.807, 2.05) is 36.4 Å². The van der Waals surface area contributed by atoms with Gasteiger partial charge in [0, 0.05) is 17.4 Å². The molecule has 0 unspecified atom stereocenters. The molecule has 3 rings (SSSR count). The Labute approximate surface area is 144 Å². The van der Waals surface area contributed by atoms with Crippen LogP contribution in [0.25, 0.3) is 10.9 Å². The van der Waals surface area contributed by atoms with E-state index in [-0.39, 0.29) is 5.91 Å². The molecule has 0 bridgehead atoms. The number of amides is 1. The molecule has 0 aliphatic heterocycles. The van der Waals surface area contributed by atoms with Gasteiger partial charge in [-0.1, -0.05) is 35.9 Å². The third kappa shape index (κ3) is 3.03. The number of halogens is 1. The van der Waals surface area contributed by atoms with Crippen LogP contribution in [0.15, 0.2) is 42.5 Å². The molecule has 0 fully saturated rings. The van der Waals surface area contributed by atoms with Crippen LogP contribution >= 0.6 is 11.6 Å². The van der Waals surface area contributed by atoms with Crippen LogP contribution in [0.3, 0.4) is 0 Å². The SMILES string of the molecule is COc1ccc(CNC(=O)c2[nH]c3ccccc3c2Cl)cc1OC.